The summed E-state index contributed by atoms with van der Waals surface area (Å²) in [5.41, 5.74) is 4.14. The number of phenols is 1. The van der Waals surface area contributed by atoms with Gasteiger partial charge in [-0.15, -0.1) is 6.58 Å². The number of fused-ring (bicyclic) bond motifs is 4. The maximum absolute atomic E-state index is 10.1. The highest BCUT2D eigenvalue weighted by atomic mass is 16.3. The summed E-state index contributed by atoms with van der Waals surface area (Å²) in [6.45, 7) is 5.96. The number of piperidine rings is 1. The third kappa shape index (κ3) is 2.29. The Bertz CT molecular complexity index is 724. The van der Waals surface area contributed by atoms with Gasteiger partial charge >= 0.3 is 0 Å². The monoisotopic (exact) mass is 305 g/mol. The molecule has 1 aliphatic heterocycles. The molecule has 118 valence electrons. The Labute approximate surface area is 138 Å². The molecule has 0 saturated carbocycles. The number of likely N-dealkylation sites (tertiary alicyclic amines) is 1. The Hall–Kier alpha value is -2.06. The molecular formula is C21H23NO. The average molecular weight is 305 g/mol. The van der Waals surface area contributed by atoms with Gasteiger partial charge in [0.1, 0.15) is 5.75 Å². The van der Waals surface area contributed by atoms with E-state index in [1.807, 2.05) is 18.2 Å². The zero-order chi connectivity index (χ0) is 15.9. The fourth-order valence-corrected chi connectivity index (χ4v) is 4.62. The standard InChI is InChI=1S/C21H23NO/c1-2-11-22-12-10-21(17-6-4-3-5-7-17)15-18(22)13-16-8-9-19(23)14-20(16)21/h2-9,14,18,23H,1,10-13,15H2. The van der Waals surface area contributed by atoms with Crippen LogP contribution in [0.25, 0.3) is 0 Å². The summed E-state index contributed by atoms with van der Waals surface area (Å²) in [4.78, 5) is 2.56. The zero-order valence-electron chi connectivity index (χ0n) is 13.4. The molecule has 2 heteroatoms. The van der Waals surface area contributed by atoms with Crippen LogP contribution in [-0.2, 0) is 11.8 Å². The van der Waals surface area contributed by atoms with E-state index in [2.05, 4.69) is 47.9 Å². The van der Waals surface area contributed by atoms with Crippen molar-refractivity contribution in [2.75, 3.05) is 13.1 Å². The van der Waals surface area contributed by atoms with Crippen molar-refractivity contribution < 1.29 is 5.11 Å². The summed E-state index contributed by atoms with van der Waals surface area (Å²) >= 11 is 0. The van der Waals surface area contributed by atoms with E-state index in [1.165, 1.54) is 16.7 Å². The maximum atomic E-state index is 10.1. The van der Waals surface area contributed by atoms with Crippen LogP contribution in [0.2, 0.25) is 0 Å². The minimum Gasteiger partial charge on any atom is -0.508 e. The van der Waals surface area contributed by atoms with Gasteiger partial charge in [-0.25, -0.2) is 0 Å². The van der Waals surface area contributed by atoms with Crippen molar-refractivity contribution in [1.82, 2.24) is 4.90 Å². The van der Waals surface area contributed by atoms with E-state index >= 15 is 0 Å². The summed E-state index contributed by atoms with van der Waals surface area (Å²) < 4.78 is 0. The first kappa shape index (κ1) is 14.5. The first-order chi connectivity index (χ1) is 11.2. The molecule has 23 heavy (non-hydrogen) atoms. The predicted molar refractivity (Wildman–Crippen MR) is 93.8 cm³/mol. The third-order valence-corrected chi connectivity index (χ3v) is 5.68. The van der Waals surface area contributed by atoms with Gasteiger partial charge in [0.2, 0.25) is 0 Å². The molecule has 4 rings (SSSR count). The first-order valence-corrected chi connectivity index (χ1v) is 8.46. The lowest BCUT2D eigenvalue weighted by Crippen LogP contribution is -2.53. The molecule has 1 saturated heterocycles. The lowest BCUT2D eigenvalue weighted by Gasteiger charge is -2.51. The van der Waals surface area contributed by atoms with Gasteiger partial charge in [-0.3, -0.25) is 4.90 Å². The van der Waals surface area contributed by atoms with Gasteiger partial charge in [0, 0.05) is 18.0 Å². The van der Waals surface area contributed by atoms with Crippen LogP contribution in [0.3, 0.4) is 0 Å². The van der Waals surface area contributed by atoms with Crippen LogP contribution in [0.5, 0.6) is 5.75 Å². The molecule has 0 amide bonds. The van der Waals surface area contributed by atoms with Gasteiger partial charge in [-0.2, -0.15) is 0 Å². The summed E-state index contributed by atoms with van der Waals surface area (Å²) in [5.74, 6) is 0.381. The van der Waals surface area contributed by atoms with E-state index in [0.29, 0.717) is 11.8 Å². The van der Waals surface area contributed by atoms with E-state index in [4.69, 9.17) is 0 Å². The highest BCUT2D eigenvalue weighted by Gasteiger charge is 2.46. The Morgan fingerprint density at radius 3 is 2.83 bits per heavy atom. The van der Waals surface area contributed by atoms with Crippen molar-refractivity contribution in [3.63, 3.8) is 0 Å². The molecule has 2 unspecified atom stereocenters. The van der Waals surface area contributed by atoms with Gasteiger partial charge < -0.3 is 5.11 Å². The number of rotatable bonds is 3. The van der Waals surface area contributed by atoms with E-state index < -0.39 is 0 Å². The fraction of sp³-hybridized carbons (Fsp3) is 0.333. The van der Waals surface area contributed by atoms with Crippen LogP contribution in [0, 0.1) is 0 Å². The molecule has 0 aromatic heterocycles. The van der Waals surface area contributed by atoms with Gasteiger partial charge in [-0.05, 0) is 54.6 Å². The van der Waals surface area contributed by atoms with Crippen LogP contribution in [0.4, 0.5) is 0 Å². The molecule has 2 atom stereocenters. The number of aromatic hydroxyl groups is 1. The normalized spacial score (nSPS) is 26.5. The Morgan fingerprint density at radius 1 is 1.22 bits per heavy atom. The topological polar surface area (TPSA) is 23.5 Å². The first-order valence-electron chi connectivity index (χ1n) is 8.46. The molecule has 2 nitrogen and oxygen atoms in total. The fourth-order valence-electron chi connectivity index (χ4n) is 4.62. The smallest absolute Gasteiger partial charge is 0.115 e. The van der Waals surface area contributed by atoms with Crippen LogP contribution in [0.15, 0.2) is 61.2 Å². The lowest BCUT2D eigenvalue weighted by atomic mass is 9.60. The van der Waals surface area contributed by atoms with E-state index in [1.54, 1.807) is 0 Å². The number of nitrogens with zero attached hydrogens (tertiary/aromatic N) is 1. The molecule has 2 aromatic carbocycles. The maximum Gasteiger partial charge on any atom is 0.115 e. The second-order valence-corrected chi connectivity index (χ2v) is 6.89. The van der Waals surface area contributed by atoms with Gasteiger partial charge in [-0.1, -0.05) is 42.5 Å². The molecule has 0 radical (unpaired) electrons. The largest absolute Gasteiger partial charge is 0.508 e. The molecule has 2 aromatic rings. The number of hydrogen-bond donors (Lipinski definition) is 1. The van der Waals surface area contributed by atoms with Crippen molar-refractivity contribution in [1.29, 1.82) is 0 Å². The molecule has 0 spiro atoms. The van der Waals surface area contributed by atoms with Gasteiger partial charge in [0.25, 0.3) is 0 Å². The summed E-state index contributed by atoms with van der Waals surface area (Å²) in [6, 6.07) is 17.3. The average Bonchev–Trinajstić information content (AvgIpc) is 2.59. The molecule has 1 N–H and O–H groups in total. The van der Waals surface area contributed by atoms with Crippen LogP contribution < -0.4 is 0 Å². The second-order valence-electron chi connectivity index (χ2n) is 6.89. The quantitative estimate of drug-likeness (QED) is 0.870. The third-order valence-electron chi connectivity index (χ3n) is 5.68. The second kappa shape index (κ2) is 5.54. The predicted octanol–water partition coefficient (Wildman–Crippen LogP) is 3.88. The highest BCUT2D eigenvalue weighted by molar-refractivity contribution is 5.50. The molecular weight excluding hydrogens is 282 g/mol. The number of benzene rings is 2. The van der Waals surface area contributed by atoms with Crippen molar-refractivity contribution in [3.8, 4) is 5.75 Å². The molecule has 2 aliphatic rings. The highest BCUT2D eigenvalue weighted by Crippen LogP contribution is 2.49. The SMILES string of the molecule is C=CCN1CCC2(c3ccccc3)CC1Cc1ccc(O)cc12. The molecule has 1 heterocycles. The Morgan fingerprint density at radius 2 is 2.04 bits per heavy atom. The molecule has 2 bridgehead atoms. The number of phenolic OH excluding ortho intramolecular Hbond substituents is 1. The van der Waals surface area contributed by atoms with E-state index in [9.17, 15) is 5.11 Å². The van der Waals surface area contributed by atoms with Gasteiger partial charge in [0.05, 0.1) is 0 Å². The zero-order valence-corrected chi connectivity index (χ0v) is 13.4. The van der Waals surface area contributed by atoms with Crippen LogP contribution >= 0.6 is 0 Å². The summed E-state index contributed by atoms with van der Waals surface area (Å²) in [6.07, 6.45) is 5.30. The van der Waals surface area contributed by atoms with Crippen molar-refractivity contribution >= 4 is 0 Å². The summed E-state index contributed by atoms with van der Waals surface area (Å²) in [7, 11) is 0. The van der Waals surface area contributed by atoms with Crippen molar-refractivity contribution in [3.05, 3.63) is 77.9 Å². The van der Waals surface area contributed by atoms with Gasteiger partial charge in [0.15, 0.2) is 0 Å². The molecule has 1 fully saturated rings. The minimum atomic E-state index is 0.0376. The minimum absolute atomic E-state index is 0.0376. The van der Waals surface area contributed by atoms with Crippen molar-refractivity contribution in [2.45, 2.75) is 30.7 Å². The van der Waals surface area contributed by atoms with Crippen LogP contribution in [-0.4, -0.2) is 29.1 Å². The van der Waals surface area contributed by atoms with Crippen LogP contribution in [0.1, 0.15) is 29.5 Å². The molecule has 1 aliphatic carbocycles. The Kier molecular flexibility index (Phi) is 3.50. The number of hydrogen-bond acceptors (Lipinski definition) is 2. The van der Waals surface area contributed by atoms with E-state index in [-0.39, 0.29) is 5.41 Å². The Balaban J connectivity index is 1.87. The van der Waals surface area contributed by atoms with Crippen molar-refractivity contribution in [2.24, 2.45) is 0 Å². The van der Waals surface area contributed by atoms with E-state index in [0.717, 1.165) is 32.4 Å². The summed E-state index contributed by atoms with van der Waals surface area (Å²) in [5, 5.41) is 10.1. The lowest BCUT2D eigenvalue weighted by molar-refractivity contribution is 0.108.